The molecule has 6 rings (SSSR count). The lowest BCUT2D eigenvalue weighted by Gasteiger charge is -2.35. The number of likely N-dealkylation sites (tertiary alicyclic amines) is 1. The standard InChI is InChI=1S/C28H38N4O3/c1-18-4-3-12-29-26(18)35-21-7-5-19(6-8-21)9-13-32-23-17-20-16-22(20)24(23)25(30-32)27(33)31-14-10-28(2,34)11-15-31/h3-4,12,19-22,34H,5-11,13-17H2,1-2H3/t19-,20-,21+,22-/m1/s1. The lowest BCUT2D eigenvalue weighted by atomic mass is 9.85. The second-order valence-electron chi connectivity index (χ2n) is 11.7. The highest BCUT2D eigenvalue weighted by atomic mass is 16.5. The summed E-state index contributed by atoms with van der Waals surface area (Å²) in [4.78, 5) is 19.7. The third-order valence-electron chi connectivity index (χ3n) is 8.96. The molecular formula is C28H38N4O3. The minimum Gasteiger partial charge on any atom is -0.474 e. The Balaban J connectivity index is 1.07. The number of pyridine rings is 1. The van der Waals surface area contributed by atoms with E-state index < -0.39 is 5.60 Å². The van der Waals surface area contributed by atoms with E-state index in [4.69, 9.17) is 9.84 Å². The average Bonchev–Trinajstić information content (AvgIpc) is 3.36. The van der Waals surface area contributed by atoms with Gasteiger partial charge in [-0.1, -0.05) is 6.07 Å². The molecule has 1 N–H and O–H groups in total. The first-order valence-corrected chi connectivity index (χ1v) is 13.6. The van der Waals surface area contributed by atoms with Gasteiger partial charge in [0.05, 0.1) is 5.60 Å². The van der Waals surface area contributed by atoms with Crippen molar-refractivity contribution in [2.45, 2.75) is 95.8 Å². The first-order chi connectivity index (χ1) is 16.9. The van der Waals surface area contributed by atoms with Crippen LogP contribution in [-0.2, 0) is 13.0 Å². The molecule has 0 aromatic carbocycles. The first-order valence-electron chi connectivity index (χ1n) is 13.6. The second kappa shape index (κ2) is 8.91. The molecule has 1 amide bonds. The van der Waals surface area contributed by atoms with Gasteiger partial charge in [-0.3, -0.25) is 9.48 Å². The molecule has 2 aromatic rings. The Kier molecular flexibility index (Phi) is 5.86. The number of aliphatic hydroxyl groups is 1. The fourth-order valence-electron chi connectivity index (χ4n) is 6.47. The zero-order valence-corrected chi connectivity index (χ0v) is 21.1. The number of hydrogen-bond donors (Lipinski definition) is 1. The Morgan fingerprint density at radius 2 is 2.00 bits per heavy atom. The smallest absolute Gasteiger partial charge is 0.274 e. The molecule has 0 bridgehead atoms. The summed E-state index contributed by atoms with van der Waals surface area (Å²) in [7, 11) is 0. The number of rotatable bonds is 6. The molecule has 3 fully saturated rings. The molecule has 0 unspecified atom stereocenters. The van der Waals surface area contributed by atoms with Gasteiger partial charge in [0.25, 0.3) is 5.91 Å². The van der Waals surface area contributed by atoms with Crippen molar-refractivity contribution >= 4 is 5.91 Å². The fraction of sp³-hybridized carbons (Fsp3) is 0.679. The first kappa shape index (κ1) is 23.0. The van der Waals surface area contributed by atoms with Crippen LogP contribution < -0.4 is 4.74 Å². The summed E-state index contributed by atoms with van der Waals surface area (Å²) in [5, 5.41) is 15.2. The van der Waals surface area contributed by atoms with Gasteiger partial charge in [0.15, 0.2) is 5.69 Å². The van der Waals surface area contributed by atoms with Gasteiger partial charge in [0.2, 0.25) is 5.88 Å². The predicted molar refractivity (Wildman–Crippen MR) is 133 cm³/mol. The molecule has 7 heteroatoms. The largest absolute Gasteiger partial charge is 0.474 e. The third kappa shape index (κ3) is 4.59. The lowest BCUT2D eigenvalue weighted by Crippen LogP contribution is -2.45. The zero-order chi connectivity index (χ0) is 24.2. The Bertz CT molecular complexity index is 1090. The third-order valence-corrected chi connectivity index (χ3v) is 8.96. The maximum absolute atomic E-state index is 13.4. The van der Waals surface area contributed by atoms with Crippen molar-refractivity contribution in [3.63, 3.8) is 0 Å². The predicted octanol–water partition coefficient (Wildman–Crippen LogP) is 4.26. The normalized spacial score (nSPS) is 28.9. The van der Waals surface area contributed by atoms with Crippen molar-refractivity contribution in [2.24, 2.45) is 11.8 Å². The van der Waals surface area contributed by atoms with Crippen molar-refractivity contribution in [3.8, 4) is 5.88 Å². The summed E-state index contributed by atoms with van der Waals surface area (Å²) >= 11 is 0. The van der Waals surface area contributed by atoms with Gasteiger partial charge >= 0.3 is 0 Å². The van der Waals surface area contributed by atoms with Crippen LogP contribution >= 0.6 is 0 Å². The van der Waals surface area contributed by atoms with Crippen molar-refractivity contribution in [3.05, 3.63) is 40.8 Å². The number of amides is 1. The summed E-state index contributed by atoms with van der Waals surface area (Å²) in [6, 6.07) is 4.00. The number of aryl methyl sites for hydroxylation is 2. The van der Waals surface area contributed by atoms with Crippen LogP contribution in [0.3, 0.4) is 0 Å². The maximum Gasteiger partial charge on any atom is 0.274 e. The Hall–Kier alpha value is -2.41. The van der Waals surface area contributed by atoms with Gasteiger partial charge in [0.1, 0.15) is 6.10 Å². The van der Waals surface area contributed by atoms with E-state index in [1.165, 1.54) is 30.5 Å². The van der Waals surface area contributed by atoms with E-state index in [-0.39, 0.29) is 12.0 Å². The summed E-state index contributed by atoms with van der Waals surface area (Å²) in [6.45, 7) is 6.05. The summed E-state index contributed by atoms with van der Waals surface area (Å²) < 4.78 is 8.36. The summed E-state index contributed by atoms with van der Waals surface area (Å²) in [6.07, 6.45) is 11.2. The van der Waals surface area contributed by atoms with Crippen LogP contribution in [0.25, 0.3) is 0 Å². The molecule has 0 spiro atoms. The van der Waals surface area contributed by atoms with E-state index in [1.54, 1.807) is 6.20 Å². The molecule has 2 atom stereocenters. The molecule has 1 saturated heterocycles. The topological polar surface area (TPSA) is 80.5 Å². The molecule has 2 saturated carbocycles. The average molecular weight is 479 g/mol. The zero-order valence-electron chi connectivity index (χ0n) is 21.1. The highest BCUT2D eigenvalue weighted by molar-refractivity contribution is 5.94. The van der Waals surface area contributed by atoms with Crippen molar-refractivity contribution in [1.29, 1.82) is 0 Å². The molecule has 4 aliphatic rings. The fourth-order valence-corrected chi connectivity index (χ4v) is 6.47. The second-order valence-corrected chi connectivity index (χ2v) is 11.7. The van der Waals surface area contributed by atoms with Crippen LogP contribution in [0, 0.1) is 18.8 Å². The van der Waals surface area contributed by atoms with Gasteiger partial charge in [0, 0.05) is 42.7 Å². The molecule has 3 aliphatic carbocycles. The minimum atomic E-state index is -0.653. The minimum absolute atomic E-state index is 0.0746. The number of ether oxygens (including phenoxy) is 1. The van der Waals surface area contributed by atoms with E-state index in [0.29, 0.717) is 43.5 Å². The van der Waals surface area contributed by atoms with Gasteiger partial charge in [-0.25, -0.2) is 4.98 Å². The van der Waals surface area contributed by atoms with Crippen LogP contribution in [0.5, 0.6) is 5.88 Å². The Morgan fingerprint density at radius 3 is 2.74 bits per heavy atom. The van der Waals surface area contributed by atoms with Gasteiger partial charge < -0.3 is 14.7 Å². The lowest BCUT2D eigenvalue weighted by molar-refractivity contribution is -0.00225. The monoisotopic (exact) mass is 478 g/mol. The SMILES string of the molecule is Cc1cccnc1O[C@H]1CC[C@@H](CCn2nc(C(=O)N3CCC(C)(O)CC3)c3c2C[C@H]2C[C@@H]32)CC1. The number of fused-ring (bicyclic) bond motifs is 3. The molecule has 0 radical (unpaired) electrons. The summed E-state index contributed by atoms with van der Waals surface area (Å²) in [5.74, 6) is 2.80. The van der Waals surface area contributed by atoms with Crippen LogP contribution in [-0.4, -0.2) is 55.5 Å². The number of hydrogen-bond acceptors (Lipinski definition) is 5. The number of aromatic nitrogens is 3. The van der Waals surface area contributed by atoms with E-state index >= 15 is 0 Å². The van der Waals surface area contributed by atoms with Crippen molar-refractivity contribution in [2.75, 3.05) is 13.1 Å². The highest BCUT2D eigenvalue weighted by Crippen LogP contribution is 2.57. The van der Waals surface area contributed by atoms with Crippen molar-refractivity contribution in [1.82, 2.24) is 19.7 Å². The van der Waals surface area contributed by atoms with E-state index in [2.05, 4.69) is 9.67 Å². The van der Waals surface area contributed by atoms with E-state index in [0.717, 1.165) is 49.6 Å². The maximum atomic E-state index is 13.4. The molecule has 2 aromatic heterocycles. The quantitative estimate of drug-likeness (QED) is 0.671. The number of piperidine rings is 1. The van der Waals surface area contributed by atoms with E-state index in [1.807, 2.05) is 30.9 Å². The van der Waals surface area contributed by atoms with Crippen LogP contribution in [0.2, 0.25) is 0 Å². The molecule has 1 aliphatic heterocycles. The number of carbonyl (C=O) groups excluding carboxylic acids is 1. The van der Waals surface area contributed by atoms with Crippen LogP contribution in [0.1, 0.15) is 91.5 Å². The molecule has 3 heterocycles. The highest BCUT2D eigenvalue weighted by Gasteiger charge is 2.50. The molecule has 35 heavy (non-hydrogen) atoms. The van der Waals surface area contributed by atoms with Gasteiger partial charge in [-0.15, -0.1) is 0 Å². The van der Waals surface area contributed by atoms with Crippen LogP contribution in [0.15, 0.2) is 18.3 Å². The summed E-state index contributed by atoms with van der Waals surface area (Å²) in [5.41, 5.74) is 3.72. The van der Waals surface area contributed by atoms with Crippen LogP contribution in [0.4, 0.5) is 0 Å². The molecule has 188 valence electrons. The number of carbonyl (C=O) groups is 1. The number of nitrogens with zero attached hydrogens (tertiary/aromatic N) is 4. The van der Waals surface area contributed by atoms with Gasteiger partial charge in [-0.05, 0) is 95.5 Å². The Morgan fingerprint density at radius 1 is 1.23 bits per heavy atom. The Labute approximate surface area is 207 Å². The van der Waals surface area contributed by atoms with E-state index in [9.17, 15) is 9.90 Å². The molecule has 7 nitrogen and oxygen atoms in total. The van der Waals surface area contributed by atoms with Gasteiger partial charge in [-0.2, -0.15) is 5.10 Å². The van der Waals surface area contributed by atoms with Crippen molar-refractivity contribution < 1.29 is 14.6 Å². The molecular weight excluding hydrogens is 440 g/mol.